The zero-order valence-corrected chi connectivity index (χ0v) is 22.6. The molecule has 9 heteroatoms. The Morgan fingerprint density at radius 3 is 2.36 bits per heavy atom. The van der Waals surface area contributed by atoms with Gasteiger partial charge in [-0.3, -0.25) is 9.47 Å². The molecule has 0 spiro atoms. The number of hydrogen-bond acceptors (Lipinski definition) is 5. The van der Waals surface area contributed by atoms with Crippen LogP contribution in [-0.2, 0) is 7.05 Å². The number of aromatic nitrogens is 3. The first-order chi connectivity index (χ1) is 18.9. The highest BCUT2D eigenvalue weighted by atomic mass is 35.5. The van der Waals surface area contributed by atoms with Crippen molar-refractivity contribution in [2.24, 2.45) is 13.0 Å². The summed E-state index contributed by atoms with van der Waals surface area (Å²) >= 11 is 6.54. The van der Waals surface area contributed by atoms with Crippen LogP contribution in [0.2, 0.25) is 5.02 Å². The molecule has 0 atom stereocenters. The van der Waals surface area contributed by atoms with Crippen LogP contribution in [0.1, 0.15) is 19.3 Å². The van der Waals surface area contributed by atoms with Crippen molar-refractivity contribution in [3.63, 3.8) is 0 Å². The highest BCUT2D eigenvalue weighted by molar-refractivity contribution is 6.32. The van der Waals surface area contributed by atoms with Gasteiger partial charge >= 0.3 is 5.69 Å². The van der Waals surface area contributed by atoms with Gasteiger partial charge in [-0.25, -0.2) is 14.2 Å². The minimum atomic E-state index is -0.472. The summed E-state index contributed by atoms with van der Waals surface area (Å²) < 4.78 is 17.8. The van der Waals surface area contributed by atoms with Crippen molar-refractivity contribution in [3.8, 4) is 33.7 Å². The van der Waals surface area contributed by atoms with Crippen LogP contribution in [0.15, 0.2) is 65.8 Å². The first kappa shape index (κ1) is 25.6. The molecule has 2 aliphatic rings. The van der Waals surface area contributed by atoms with Gasteiger partial charge in [0.15, 0.2) is 0 Å². The van der Waals surface area contributed by atoms with Gasteiger partial charge in [-0.05, 0) is 66.4 Å². The average Bonchev–Trinajstić information content (AvgIpc) is 3.72. The van der Waals surface area contributed by atoms with Gasteiger partial charge < -0.3 is 14.6 Å². The van der Waals surface area contributed by atoms with E-state index in [2.05, 4.69) is 14.8 Å². The summed E-state index contributed by atoms with van der Waals surface area (Å²) in [6, 6.07) is 11.4. The number of pyridine rings is 1. The van der Waals surface area contributed by atoms with Crippen molar-refractivity contribution in [2.45, 2.75) is 19.3 Å². The Kier molecular flexibility index (Phi) is 6.91. The van der Waals surface area contributed by atoms with E-state index in [0.717, 1.165) is 37.9 Å². The minimum absolute atomic E-state index is 0.0425. The lowest BCUT2D eigenvalue weighted by molar-refractivity contribution is 0.250. The predicted molar refractivity (Wildman–Crippen MR) is 152 cm³/mol. The lowest BCUT2D eigenvalue weighted by Gasteiger charge is -2.35. The smallest absolute Gasteiger partial charge is 0.332 e. The van der Waals surface area contributed by atoms with Gasteiger partial charge in [-0.1, -0.05) is 30.5 Å². The van der Waals surface area contributed by atoms with Crippen molar-refractivity contribution >= 4 is 17.4 Å². The molecule has 0 unspecified atom stereocenters. The van der Waals surface area contributed by atoms with E-state index in [4.69, 9.17) is 11.6 Å². The van der Waals surface area contributed by atoms with Crippen LogP contribution in [0, 0.1) is 11.7 Å². The number of halogens is 2. The Morgan fingerprint density at radius 2 is 1.72 bits per heavy atom. The molecule has 2 aromatic heterocycles. The second-order valence-corrected chi connectivity index (χ2v) is 10.9. The van der Waals surface area contributed by atoms with E-state index in [1.54, 1.807) is 49.9 Å². The second kappa shape index (κ2) is 10.5. The quantitative estimate of drug-likeness (QED) is 0.339. The van der Waals surface area contributed by atoms with Crippen LogP contribution in [0.25, 0.3) is 27.9 Å². The van der Waals surface area contributed by atoms with Gasteiger partial charge in [-0.15, -0.1) is 0 Å². The molecule has 202 valence electrons. The number of anilines is 1. The molecule has 1 saturated heterocycles. The normalized spacial score (nSPS) is 16.1. The van der Waals surface area contributed by atoms with Crippen molar-refractivity contribution in [1.82, 2.24) is 19.0 Å². The summed E-state index contributed by atoms with van der Waals surface area (Å²) in [5.41, 5.74) is 2.22. The van der Waals surface area contributed by atoms with Crippen LogP contribution in [0.3, 0.4) is 0 Å². The van der Waals surface area contributed by atoms with Crippen LogP contribution in [0.4, 0.5) is 10.2 Å². The van der Waals surface area contributed by atoms with Gasteiger partial charge in [0.25, 0.3) is 0 Å². The number of phenolic OH excluding ortho intramolecular Hbond substituents is 1. The Morgan fingerprint density at radius 1 is 1.00 bits per heavy atom. The summed E-state index contributed by atoms with van der Waals surface area (Å²) in [5, 5.41) is 11.6. The maximum absolute atomic E-state index is 14.9. The zero-order chi connectivity index (χ0) is 27.1. The lowest BCUT2D eigenvalue weighted by atomic mass is 9.97. The summed E-state index contributed by atoms with van der Waals surface area (Å²) in [5.74, 6) is 1.24. The molecule has 1 saturated carbocycles. The van der Waals surface area contributed by atoms with Crippen LogP contribution < -0.4 is 10.6 Å². The molecular formula is C30H31ClFN5O2. The molecule has 0 bridgehead atoms. The van der Waals surface area contributed by atoms with E-state index in [0.29, 0.717) is 33.0 Å². The van der Waals surface area contributed by atoms with Crippen molar-refractivity contribution in [2.75, 3.05) is 37.6 Å². The molecule has 7 nitrogen and oxygen atoms in total. The van der Waals surface area contributed by atoms with E-state index in [-0.39, 0.29) is 11.4 Å². The molecule has 0 amide bonds. The van der Waals surface area contributed by atoms with Gasteiger partial charge in [0.05, 0.1) is 10.7 Å². The van der Waals surface area contributed by atoms with E-state index in [9.17, 15) is 14.3 Å². The Balaban J connectivity index is 1.26. The van der Waals surface area contributed by atoms with Crippen LogP contribution >= 0.6 is 11.6 Å². The molecule has 2 aromatic carbocycles. The lowest BCUT2D eigenvalue weighted by Crippen LogP contribution is -2.47. The number of imidazole rings is 1. The first-order valence-corrected chi connectivity index (χ1v) is 13.8. The van der Waals surface area contributed by atoms with Gasteiger partial charge in [-0.2, -0.15) is 0 Å². The SMILES string of the molecule is Cn1ccn(-c2ccc(-c3cc(F)cc(-c4ccnc(N5CCN(CCC6CC6)CC5)c4)c3O)cc2Cl)c1=O. The molecule has 3 heterocycles. The summed E-state index contributed by atoms with van der Waals surface area (Å²) in [4.78, 5) is 21.7. The number of phenols is 1. The van der Waals surface area contributed by atoms with E-state index in [1.807, 2.05) is 6.07 Å². The van der Waals surface area contributed by atoms with Crippen molar-refractivity contribution < 1.29 is 9.50 Å². The van der Waals surface area contributed by atoms with E-state index >= 15 is 0 Å². The molecule has 1 N–H and O–H groups in total. The number of hydrogen-bond donors (Lipinski definition) is 1. The Hall–Kier alpha value is -3.62. The zero-order valence-electron chi connectivity index (χ0n) is 21.9. The maximum Gasteiger partial charge on any atom is 0.332 e. The Bertz CT molecular complexity index is 1570. The van der Waals surface area contributed by atoms with Gasteiger partial charge in [0.1, 0.15) is 17.4 Å². The third kappa shape index (κ3) is 5.31. The largest absolute Gasteiger partial charge is 0.507 e. The topological polar surface area (TPSA) is 66.5 Å². The molecule has 0 radical (unpaired) electrons. The summed E-state index contributed by atoms with van der Waals surface area (Å²) in [7, 11) is 1.66. The standard InChI is InChI=1S/C30H31ClFN5O2/c1-34-10-15-37(30(34)39)27-5-4-21(16-26(27)31)24-18-23(32)19-25(29(24)38)22-6-8-33-28(17-22)36-13-11-35(12-14-36)9-7-20-2-3-20/h4-6,8,10,15-20,38H,2-3,7,9,11-14H2,1H3. The third-order valence-electron chi connectivity index (χ3n) is 7.84. The molecule has 39 heavy (non-hydrogen) atoms. The maximum atomic E-state index is 14.9. The highest BCUT2D eigenvalue weighted by Gasteiger charge is 2.24. The fraction of sp³-hybridized carbons (Fsp3) is 0.333. The number of benzene rings is 2. The number of nitrogens with zero attached hydrogens (tertiary/aromatic N) is 5. The first-order valence-electron chi connectivity index (χ1n) is 13.4. The van der Waals surface area contributed by atoms with Crippen LogP contribution in [0.5, 0.6) is 5.75 Å². The fourth-order valence-corrected chi connectivity index (χ4v) is 5.56. The van der Waals surface area contributed by atoms with E-state index in [1.165, 1.54) is 47.1 Å². The molecule has 2 fully saturated rings. The highest BCUT2D eigenvalue weighted by Crippen LogP contribution is 2.41. The molecule has 6 rings (SSSR count). The predicted octanol–water partition coefficient (Wildman–Crippen LogP) is 5.33. The fourth-order valence-electron chi connectivity index (χ4n) is 5.29. The molecule has 4 aromatic rings. The summed E-state index contributed by atoms with van der Waals surface area (Å²) in [6.45, 7) is 4.94. The van der Waals surface area contributed by atoms with Crippen LogP contribution in [-0.4, -0.2) is 56.8 Å². The van der Waals surface area contributed by atoms with Crippen molar-refractivity contribution in [3.05, 3.63) is 82.4 Å². The number of aromatic hydroxyl groups is 1. The second-order valence-electron chi connectivity index (χ2n) is 10.5. The monoisotopic (exact) mass is 547 g/mol. The van der Waals surface area contributed by atoms with Crippen molar-refractivity contribution in [1.29, 1.82) is 0 Å². The number of rotatable bonds is 7. The van der Waals surface area contributed by atoms with Gasteiger partial charge in [0, 0.05) is 62.9 Å². The third-order valence-corrected chi connectivity index (χ3v) is 8.15. The minimum Gasteiger partial charge on any atom is -0.507 e. The number of piperazine rings is 1. The Labute approximate surface area is 231 Å². The van der Waals surface area contributed by atoms with E-state index < -0.39 is 5.82 Å². The summed E-state index contributed by atoms with van der Waals surface area (Å²) in [6.07, 6.45) is 9.06. The number of aryl methyl sites for hydroxylation is 1. The molecule has 1 aliphatic carbocycles. The molecular weight excluding hydrogens is 517 g/mol. The molecule has 1 aliphatic heterocycles. The average molecular weight is 548 g/mol. The van der Waals surface area contributed by atoms with Gasteiger partial charge in [0.2, 0.25) is 0 Å².